The number of nitro groups is 1. The summed E-state index contributed by atoms with van der Waals surface area (Å²) in [7, 11) is 0. The summed E-state index contributed by atoms with van der Waals surface area (Å²) >= 11 is 0. The molecule has 6 heteroatoms. The largest absolute Gasteiger partial charge is 0.506 e. The first-order valence-corrected chi connectivity index (χ1v) is 7.20. The molecular weight excluding hydrogens is 308 g/mol. The smallest absolute Gasteiger partial charge is 0.281 e. The minimum Gasteiger partial charge on any atom is -0.506 e. The van der Waals surface area contributed by atoms with Crippen LogP contribution in [0.2, 0.25) is 0 Å². The first-order valence-electron chi connectivity index (χ1n) is 7.20. The second-order valence-corrected chi connectivity index (χ2v) is 5.40. The third kappa shape index (κ3) is 1.90. The lowest BCUT2D eigenvalue weighted by molar-refractivity contribution is -0.385. The Balaban J connectivity index is 1.93. The molecule has 24 heavy (non-hydrogen) atoms. The number of fused-ring (bicyclic) bond motifs is 2. The molecule has 1 aliphatic rings. The zero-order valence-electron chi connectivity index (χ0n) is 12.3. The van der Waals surface area contributed by atoms with E-state index in [-0.39, 0.29) is 28.1 Å². The maximum Gasteiger partial charge on any atom is 0.281 e. The van der Waals surface area contributed by atoms with E-state index in [0.29, 0.717) is 11.2 Å². The summed E-state index contributed by atoms with van der Waals surface area (Å²) in [4.78, 5) is 27.7. The van der Waals surface area contributed by atoms with Gasteiger partial charge < -0.3 is 5.11 Å². The molecule has 4 rings (SSSR count). The van der Waals surface area contributed by atoms with E-state index in [4.69, 9.17) is 0 Å². The Morgan fingerprint density at radius 2 is 1.79 bits per heavy atom. The number of carbonyl (C=O) groups excluding carboxylic acids is 1. The van der Waals surface area contributed by atoms with Crippen molar-refractivity contribution >= 4 is 33.7 Å². The molecule has 0 saturated carbocycles. The molecule has 1 N–H and O–H groups in total. The number of ketones is 1. The van der Waals surface area contributed by atoms with Crippen LogP contribution in [-0.2, 0) is 0 Å². The van der Waals surface area contributed by atoms with E-state index in [9.17, 15) is 20.0 Å². The van der Waals surface area contributed by atoms with E-state index < -0.39 is 10.7 Å². The maximum atomic E-state index is 12.7. The number of benzene rings is 2. The highest BCUT2D eigenvalue weighted by atomic mass is 16.6. The van der Waals surface area contributed by atoms with Gasteiger partial charge in [-0.05, 0) is 18.2 Å². The number of carbonyl (C=O) groups is 1. The summed E-state index contributed by atoms with van der Waals surface area (Å²) in [5, 5.41) is 22.5. The number of hydrogen-bond donors (Lipinski definition) is 1. The predicted molar refractivity (Wildman–Crippen MR) is 88.6 cm³/mol. The van der Waals surface area contributed by atoms with Crippen LogP contribution in [0.4, 0.5) is 5.69 Å². The molecule has 1 aliphatic carbocycles. The van der Waals surface area contributed by atoms with Gasteiger partial charge in [-0.1, -0.05) is 30.3 Å². The number of aliphatic hydroxyl groups is 1. The maximum absolute atomic E-state index is 12.7. The standard InChI is InChI=1S/C18H10N2O4/c21-17-11-5-3-7-14(20(23)24)15(11)18(22)16(17)13-9-8-10-4-1-2-6-12(10)19-13/h1-9,21H. The summed E-state index contributed by atoms with van der Waals surface area (Å²) in [5.41, 5.74) is 0.712. The van der Waals surface area contributed by atoms with Crippen molar-refractivity contribution in [1.29, 1.82) is 0 Å². The van der Waals surface area contributed by atoms with E-state index in [1.807, 2.05) is 18.2 Å². The van der Waals surface area contributed by atoms with Gasteiger partial charge in [-0.3, -0.25) is 14.9 Å². The Morgan fingerprint density at radius 1 is 1.00 bits per heavy atom. The molecule has 1 heterocycles. The number of aliphatic hydroxyl groups excluding tert-OH is 1. The molecule has 116 valence electrons. The summed E-state index contributed by atoms with van der Waals surface area (Å²) in [6, 6.07) is 15.0. The van der Waals surface area contributed by atoms with Crippen LogP contribution >= 0.6 is 0 Å². The Kier molecular flexibility index (Phi) is 2.93. The number of allylic oxidation sites excluding steroid dienone is 1. The minimum atomic E-state index is -0.624. The van der Waals surface area contributed by atoms with E-state index in [1.165, 1.54) is 18.2 Å². The molecule has 0 radical (unpaired) electrons. The van der Waals surface area contributed by atoms with Crippen LogP contribution in [-0.4, -0.2) is 20.8 Å². The Hall–Kier alpha value is -3.54. The van der Waals surface area contributed by atoms with Gasteiger partial charge in [-0.2, -0.15) is 0 Å². The summed E-state index contributed by atoms with van der Waals surface area (Å²) in [6.07, 6.45) is 0. The minimum absolute atomic E-state index is 0.00921. The van der Waals surface area contributed by atoms with Crippen molar-refractivity contribution in [3.05, 3.63) is 81.5 Å². The normalized spacial score (nSPS) is 13.4. The highest BCUT2D eigenvalue weighted by Crippen LogP contribution is 2.40. The van der Waals surface area contributed by atoms with Crippen molar-refractivity contribution in [3.8, 4) is 0 Å². The highest BCUT2D eigenvalue weighted by Gasteiger charge is 2.37. The summed E-state index contributed by atoms with van der Waals surface area (Å²) in [5.74, 6) is -0.862. The molecule has 0 spiro atoms. The molecule has 0 fully saturated rings. The molecule has 2 aromatic carbocycles. The number of nitrogens with zero attached hydrogens (tertiary/aromatic N) is 2. The lowest BCUT2D eigenvalue weighted by Gasteiger charge is -2.03. The fourth-order valence-corrected chi connectivity index (χ4v) is 2.94. The van der Waals surface area contributed by atoms with E-state index in [0.717, 1.165) is 5.39 Å². The van der Waals surface area contributed by atoms with Gasteiger partial charge in [0.25, 0.3) is 5.69 Å². The van der Waals surface area contributed by atoms with Gasteiger partial charge in [0.15, 0.2) is 0 Å². The first kappa shape index (κ1) is 14.1. The molecule has 1 aromatic heterocycles. The van der Waals surface area contributed by atoms with Crippen molar-refractivity contribution in [3.63, 3.8) is 0 Å². The quantitative estimate of drug-likeness (QED) is 0.573. The number of aromatic nitrogens is 1. The highest BCUT2D eigenvalue weighted by molar-refractivity contribution is 6.39. The summed E-state index contributed by atoms with van der Waals surface area (Å²) in [6.45, 7) is 0. The van der Waals surface area contributed by atoms with Gasteiger partial charge in [-0.25, -0.2) is 4.98 Å². The zero-order chi connectivity index (χ0) is 16.8. The van der Waals surface area contributed by atoms with Gasteiger partial charge in [0, 0.05) is 17.0 Å². The number of para-hydroxylation sites is 1. The van der Waals surface area contributed by atoms with Gasteiger partial charge in [0.2, 0.25) is 5.78 Å². The second-order valence-electron chi connectivity index (χ2n) is 5.40. The van der Waals surface area contributed by atoms with Crippen LogP contribution in [0.5, 0.6) is 0 Å². The topological polar surface area (TPSA) is 93.3 Å². The fourth-order valence-electron chi connectivity index (χ4n) is 2.94. The predicted octanol–water partition coefficient (Wildman–Crippen LogP) is 3.77. The van der Waals surface area contributed by atoms with Crippen LogP contribution < -0.4 is 0 Å². The van der Waals surface area contributed by atoms with Crippen molar-refractivity contribution in [2.24, 2.45) is 0 Å². The monoisotopic (exact) mass is 318 g/mol. The van der Waals surface area contributed by atoms with Gasteiger partial charge >= 0.3 is 0 Å². The van der Waals surface area contributed by atoms with Crippen LogP contribution in [0.3, 0.4) is 0 Å². The van der Waals surface area contributed by atoms with Crippen molar-refractivity contribution in [1.82, 2.24) is 4.98 Å². The lowest BCUT2D eigenvalue weighted by Crippen LogP contribution is -2.04. The van der Waals surface area contributed by atoms with E-state index in [2.05, 4.69) is 4.98 Å². The number of nitro benzene ring substituents is 1. The fraction of sp³-hybridized carbons (Fsp3) is 0. The molecular formula is C18H10N2O4. The van der Waals surface area contributed by atoms with Gasteiger partial charge in [0.1, 0.15) is 11.3 Å². The molecule has 0 bridgehead atoms. The van der Waals surface area contributed by atoms with Crippen molar-refractivity contribution in [2.45, 2.75) is 0 Å². The van der Waals surface area contributed by atoms with E-state index in [1.54, 1.807) is 18.2 Å². The number of hydrogen-bond acceptors (Lipinski definition) is 5. The first-order chi connectivity index (χ1) is 11.6. The second kappa shape index (κ2) is 4.99. The Bertz CT molecular complexity index is 1070. The average molecular weight is 318 g/mol. The van der Waals surface area contributed by atoms with E-state index >= 15 is 0 Å². The SMILES string of the molecule is O=C1C(c2ccc3ccccc3n2)=C(O)c2cccc([N+](=O)[O-])c21. The third-order valence-electron chi connectivity index (χ3n) is 4.04. The number of Topliss-reactive ketones (excluding diaryl/α,β-unsaturated/α-hetero) is 1. The Morgan fingerprint density at radius 3 is 2.58 bits per heavy atom. The van der Waals surface area contributed by atoms with Crippen LogP contribution in [0, 0.1) is 10.1 Å². The van der Waals surface area contributed by atoms with Gasteiger partial charge in [-0.15, -0.1) is 0 Å². The number of pyridine rings is 1. The lowest BCUT2D eigenvalue weighted by atomic mass is 10.0. The van der Waals surface area contributed by atoms with Crippen LogP contribution in [0.1, 0.15) is 21.6 Å². The summed E-state index contributed by atoms with van der Waals surface area (Å²) < 4.78 is 0. The molecule has 3 aromatic rings. The molecule has 6 nitrogen and oxygen atoms in total. The van der Waals surface area contributed by atoms with Crippen molar-refractivity contribution in [2.75, 3.05) is 0 Å². The molecule has 0 saturated heterocycles. The molecule has 0 unspecified atom stereocenters. The van der Waals surface area contributed by atoms with Crippen LogP contribution in [0.25, 0.3) is 22.2 Å². The molecule has 0 amide bonds. The van der Waals surface area contributed by atoms with Crippen LogP contribution in [0.15, 0.2) is 54.6 Å². The average Bonchev–Trinajstić information content (AvgIpc) is 2.85. The third-order valence-corrected chi connectivity index (χ3v) is 4.04. The zero-order valence-corrected chi connectivity index (χ0v) is 12.3. The molecule has 0 aliphatic heterocycles. The molecule has 0 atom stereocenters. The van der Waals surface area contributed by atoms with Gasteiger partial charge in [0.05, 0.1) is 21.7 Å². The Labute approximate surface area is 135 Å². The van der Waals surface area contributed by atoms with Crippen molar-refractivity contribution < 1.29 is 14.8 Å². The number of rotatable bonds is 2.